The zero-order valence-corrected chi connectivity index (χ0v) is 10.3. The number of anilines is 1. The maximum atomic E-state index is 12.0. The summed E-state index contributed by atoms with van der Waals surface area (Å²) in [7, 11) is 0. The van der Waals surface area contributed by atoms with E-state index in [0.717, 1.165) is 31.4 Å². The summed E-state index contributed by atoms with van der Waals surface area (Å²) in [6, 6.07) is 8.08. The number of nitrogens with two attached hydrogens (primary N) is 1. The lowest BCUT2D eigenvalue weighted by Gasteiger charge is -2.25. The maximum absolute atomic E-state index is 12.0. The van der Waals surface area contributed by atoms with Crippen molar-refractivity contribution in [1.82, 2.24) is 0 Å². The average molecular weight is 232 g/mol. The fraction of sp³-hybridized carbons (Fsp3) is 0.500. The Morgan fingerprint density at radius 2 is 2.00 bits per heavy atom. The molecule has 3 heteroatoms. The van der Waals surface area contributed by atoms with E-state index in [1.54, 1.807) is 0 Å². The molecule has 0 saturated heterocycles. The van der Waals surface area contributed by atoms with E-state index in [2.05, 4.69) is 5.32 Å². The highest BCUT2D eigenvalue weighted by atomic mass is 16.1. The first-order chi connectivity index (χ1) is 8.15. The molecule has 0 bridgehead atoms. The normalized spacial score (nSPS) is 24.4. The lowest BCUT2D eigenvalue weighted by molar-refractivity contribution is -0.120. The Morgan fingerprint density at radius 1 is 1.29 bits per heavy atom. The van der Waals surface area contributed by atoms with Gasteiger partial charge in [0.25, 0.3) is 0 Å². The summed E-state index contributed by atoms with van der Waals surface area (Å²) in [6.45, 7) is 2.03. The van der Waals surface area contributed by atoms with Gasteiger partial charge in [0.1, 0.15) is 0 Å². The Balaban J connectivity index is 1.94. The number of carbonyl (C=O) groups is 1. The lowest BCUT2D eigenvalue weighted by Crippen LogP contribution is -2.34. The van der Waals surface area contributed by atoms with Gasteiger partial charge in [0.2, 0.25) is 5.91 Å². The number of nitrogens with one attached hydrogen (secondary N) is 1. The summed E-state index contributed by atoms with van der Waals surface area (Å²) in [6.07, 6.45) is 3.89. The van der Waals surface area contributed by atoms with Crippen LogP contribution in [0.25, 0.3) is 0 Å². The van der Waals surface area contributed by atoms with Crippen LogP contribution in [0.3, 0.4) is 0 Å². The second-order valence-electron chi connectivity index (χ2n) is 4.98. The predicted molar refractivity (Wildman–Crippen MR) is 69.7 cm³/mol. The molecule has 0 aliphatic heterocycles. The van der Waals surface area contributed by atoms with Gasteiger partial charge in [0, 0.05) is 17.6 Å². The first-order valence-corrected chi connectivity index (χ1v) is 6.28. The zero-order valence-electron chi connectivity index (χ0n) is 10.3. The summed E-state index contributed by atoms with van der Waals surface area (Å²) < 4.78 is 0. The quantitative estimate of drug-likeness (QED) is 0.823. The van der Waals surface area contributed by atoms with Crippen LogP contribution in [0, 0.1) is 12.8 Å². The molecule has 17 heavy (non-hydrogen) atoms. The minimum atomic E-state index is 0.0834. The molecule has 3 nitrogen and oxygen atoms in total. The number of benzene rings is 1. The molecule has 2 rings (SSSR count). The third kappa shape index (κ3) is 3.30. The predicted octanol–water partition coefficient (Wildman–Crippen LogP) is 2.45. The molecule has 0 radical (unpaired) electrons. The number of aryl methyl sites for hydroxylation is 1. The van der Waals surface area contributed by atoms with Gasteiger partial charge in [-0.1, -0.05) is 24.1 Å². The molecule has 1 aromatic carbocycles. The van der Waals surface area contributed by atoms with Crippen LogP contribution in [-0.2, 0) is 4.79 Å². The standard InChI is InChI=1S/C14H20N2O/c1-10-5-7-13(8-6-10)16-14(17)11-3-2-4-12(15)9-11/h5-8,11-12H,2-4,9,15H2,1H3,(H,16,17). The van der Waals surface area contributed by atoms with Gasteiger partial charge in [-0.05, 0) is 38.3 Å². The summed E-state index contributed by atoms with van der Waals surface area (Å²) in [4.78, 5) is 12.0. The van der Waals surface area contributed by atoms with Gasteiger partial charge in [-0.25, -0.2) is 0 Å². The van der Waals surface area contributed by atoms with Crippen molar-refractivity contribution < 1.29 is 4.79 Å². The molecular weight excluding hydrogens is 212 g/mol. The van der Waals surface area contributed by atoms with Crippen molar-refractivity contribution in [3.8, 4) is 0 Å². The summed E-state index contributed by atoms with van der Waals surface area (Å²) in [5.74, 6) is 0.198. The van der Waals surface area contributed by atoms with E-state index >= 15 is 0 Å². The molecule has 0 heterocycles. The van der Waals surface area contributed by atoms with Crippen molar-refractivity contribution in [1.29, 1.82) is 0 Å². The van der Waals surface area contributed by atoms with Gasteiger partial charge in [-0.2, -0.15) is 0 Å². The second-order valence-corrected chi connectivity index (χ2v) is 4.98. The molecule has 92 valence electrons. The van der Waals surface area contributed by atoms with Gasteiger partial charge in [0.05, 0.1) is 0 Å². The summed E-state index contributed by atoms with van der Waals surface area (Å²) >= 11 is 0. The molecule has 1 fully saturated rings. The van der Waals surface area contributed by atoms with E-state index in [-0.39, 0.29) is 17.9 Å². The first-order valence-electron chi connectivity index (χ1n) is 6.28. The highest BCUT2D eigenvalue weighted by Crippen LogP contribution is 2.24. The maximum Gasteiger partial charge on any atom is 0.227 e. The van der Waals surface area contributed by atoms with Crippen LogP contribution in [0.1, 0.15) is 31.2 Å². The van der Waals surface area contributed by atoms with Crippen LogP contribution < -0.4 is 11.1 Å². The highest BCUT2D eigenvalue weighted by molar-refractivity contribution is 5.92. The Kier molecular flexibility index (Phi) is 3.79. The van der Waals surface area contributed by atoms with Gasteiger partial charge < -0.3 is 11.1 Å². The minimum absolute atomic E-state index is 0.0834. The van der Waals surface area contributed by atoms with Gasteiger partial charge in [-0.15, -0.1) is 0 Å². The van der Waals surface area contributed by atoms with Gasteiger partial charge in [-0.3, -0.25) is 4.79 Å². The Hall–Kier alpha value is -1.35. The molecule has 2 unspecified atom stereocenters. The Labute approximate surface area is 102 Å². The van der Waals surface area contributed by atoms with Crippen LogP contribution in [0.5, 0.6) is 0 Å². The number of hydrogen-bond donors (Lipinski definition) is 2. The summed E-state index contributed by atoms with van der Waals surface area (Å²) in [5.41, 5.74) is 7.97. The third-order valence-corrected chi connectivity index (χ3v) is 3.40. The van der Waals surface area contributed by atoms with Crippen molar-refractivity contribution in [3.63, 3.8) is 0 Å². The van der Waals surface area contributed by atoms with Crippen molar-refractivity contribution in [2.24, 2.45) is 11.7 Å². The molecule has 0 aromatic heterocycles. The number of rotatable bonds is 2. The van der Waals surface area contributed by atoms with Crippen molar-refractivity contribution in [3.05, 3.63) is 29.8 Å². The molecule has 2 atom stereocenters. The second kappa shape index (κ2) is 5.32. The average Bonchev–Trinajstić information content (AvgIpc) is 2.32. The summed E-state index contributed by atoms with van der Waals surface area (Å²) in [5, 5.41) is 2.96. The number of hydrogen-bond acceptors (Lipinski definition) is 2. The van der Waals surface area contributed by atoms with Crippen LogP contribution in [-0.4, -0.2) is 11.9 Å². The van der Waals surface area contributed by atoms with E-state index in [1.165, 1.54) is 5.56 Å². The van der Waals surface area contributed by atoms with Crippen LogP contribution in [0.15, 0.2) is 24.3 Å². The zero-order chi connectivity index (χ0) is 12.3. The fourth-order valence-electron chi connectivity index (χ4n) is 2.35. The smallest absolute Gasteiger partial charge is 0.227 e. The molecular formula is C14H20N2O. The van der Waals surface area contributed by atoms with E-state index in [1.807, 2.05) is 31.2 Å². The minimum Gasteiger partial charge on any atom is -0.328 e. The topological polar surface area (TPSA) is 55.1 Å². The molecule has 1 aliphatic carbocycles. The van der Waals surface area contributed by atoms with Crippen LogP contribution in [0.4, 0.5) is 5.69 Å². The van der Waals surface area contributed by atoms with E-state index < -0.39 is 0 Å². The Morgan fingerprint density at radius 3 is 2.65 bits per heavy atom. The van der Waals surface area contributed by atoms with Crippen LogP contribution in [0.2, 0.25) is 0 Å². The van der Waals surface area contributed by atoms with E-state index in [0.29, 0.717) is 0 Å². The molecule has 1 aliphatic rings. The van der Waals surface area contributed by atoms with E-state index in [4.69, 9.17) is 5.73 Å². The largest absolute Gasteiger partial charge is 0.328 e. The monoisotopic (exact) mass is 232 g/mol. The highest BCUT2D eigenvalue weighted by Gasteiger charge is 2.25. The molecule has 1 aromatic rings. The molecule has 0 spiro atoms. The van der Waals surface area contributed by atoms with Gasteiger partial charge >= 0.3 is 0 Å². The van der Waals surface area contributed by atoms with E-state index in [9.17, 15) is 4.79 Å². The third-order valence-electron chi connectivity index (χ3n) is 3.40. The molecule has 1 saturated carbocycles. The van der Waals surface area contributed by atoms with Crippen LogP contribution >= 0.6 is 0 Å². The molecule has 3 N–H and O–H groups in total. The molecule has 1 amide bonds. The number of amides is 1. The van der Waals surface area contributed by atoms with Gasteiger partial charge in [0.15, 0.2) is 0 Å². The first kappa shape index (κ1) is 12.1. The lowest BCUT2D eigenvalue weighted by atomic mass is 9.85. The Bertz CT molecular complexity index is 386. The fourth-order valence-corrected chi connectivity index (χ4v) is 2.35. The van der Waals surface area contributed by atoms with Crippen molar-refractivity contribution in [2.45, 2.75) is 38.6 Å². The van der Waals surface area contributed by atoms with Crippen molar-refractivity contribution in [2.75, 3.05) is 5.32 Å². The van der Waals surface area contributed by atoms with Crippen molar-refractivity contribution >= 4 is 11.6 Å². The SMILES string of the molecule is Cc1ccc(NC(=O)C2CCCC(N)C2)cc1. The number of carbonyl (C=O) groups excluding carboxylic acids is 1.